The van der Waals surface area contributed by atoms with E-state index in [9.17, 15) is 53.1 Å². The third-order valence-corrected chi connectivity index (χ3v) is 3.95. The topological polar surface area (TPSA) is 119 Å². The summed E-state index contributed by atoms with van der Waals surface area (Å²) in [6, 6.07) is 0. The van der Waals surface area contributed by atoms with Crippen LogP contribution in [0.5, 0.6) is 0 Å². The van der Waals surface area contributed by atoms with Crippen molar-refractivity contribution in [1.29, 1.82) is 0 Å². The first-order valence-corrected chi connectivity index (χ1v) is 8.61. The van der Waals surface area contributed by atoms with Crippen molar-refractivity contribution in [3.8, 4) is 0 Å². The van der Waals surface area contributed by atoms with E-state index >= 15 is 0 Å². The molecule has 0 bridgehead atoms. The molecule has 0 saturated heterocycles. The highest BCUT2D eigenvalue weighted by atomic mass is 32.2. The number of rotatable bonds is 11. The van der Waals surface area contributed by atoms with Gasteiger partial charge < -0.3 is 14.8 Å². The van der Waals surface area contributed by atoms with Crippen LogP contribution in [0, 0.1) is 0 Å². The molecule has 0 aromatic rings. The van der Waals surface area contributed by atoms with E-state index in [1.165, 1.54) is 5.32 Å². The Kier molecular flexibility index (Phi) is 8.55. The summed E-state index contributed by atoms with van der Waals surface area (Å²) in [6.07, 6.45) is -7.79. The van der Waals surface area contributed by atoms with E-state index in [-0.39, 0.29) is 0 Å². The van der Waals surface area contributed by atoms with Gasteiger partial charge in [-0.15, -0.1) is 6.58 Å². The first-order valence-electron chi connectivity index (χ1n) is 7.17. The molecule has 0 aliphatic rings. The molecule has 0 rings (SSSR count). The lowest BCUT2D eigenvalue weighted by atomic mass is 10.2. The Balaban J connectivity index is 5.99. The van der Waals surface area contributed by atoms with Gasteiger partial charge in [-0.2, -0.15) is 43.5 Å². The van der Waals surface area contributed by atoms with Crippen molar-refractivity contribution < 1.29 is 67.2 Å². The zero-order valence-electron chi connectivity index (χ0n) is 14.4. The quantitative estimate of drug-likeness (QED) is 0.116. The SMILES string of the molecule is C=CCNC(=O)C(OCCC(F)(F)C(F)(F)S(=O)(=O)O)(OC(=O)C(=C)F)C(F)(F)F. The molecular weight excluding hydrogens is 466 g/mol. The summed E-state index contributed by atoms with van der Waals surface area (Å²) in [4.78, 5) is 23.0. The molecule has 0 spiro atoms. The summed E-state index contributed by atoms with van der Waals surface area (Å²) in [5, 5.41) is -4.73. The van der Waals surface area contributed by atoms with Crippen LogP contribution in [-0.4, -0.2) is 61.1 Å². The lowest BCUT2D eigenvalue weighted by molar-refractivity contribution is -0.349. The zero-order chi connectivity index (χ0) is 24.2. The third-order valence-electron chi connectivity index (χ3n) is 3.01. The van der Waals surface area contributed by atoms with Gasteiger partial charge in [-0.1, -0.05) is 12.7 Å². The molecule has 0 aromatic carbocycles. The Labute approximate surface area is 163 Å². The lowest BCUT2D eigenvalue weighted by Gasteiger charge is -2.33. The van der Waals surface area contributed by atoms with E-state index in [4.69, 9.17) is 4.55 Å². The van der Waals surface area contributed by atoms with E-state index in [2.05, 4.69) is 22.6 Å². The van der Waals surface area contributed by atoms with Gasteiger partial charge in [0.25, 0.3) is 0 Å². The van der Waals surface area contributed by atoms with Crippen LogP contribution in [-0.2, 0) is 29.2 Å². The van der Waals surface area contributed by atoms with Crippen LogP contribution in [0.15, 0.2) is 25.1 Å². The fourth-order valence-electron chi connectivity index (χ4n) is 1.53. The molecule has 1 atom stereocenters. The lowest BCUT2D eigenvalue weighted by Crippen LogP contribution is -2.62. The Morgan fingerprint density at radius 2 is 1.60 bits per heavy atom. The fourth-order valence-corrected chi connectivity index (χ4v) is 2.01. The molecule has 0 aromatic heterocycles. The largest absolute Gasteiger partial charge is 0.466 e. The number of hydrogen-bond donors (Lipinski definition) is 2. The minimum atomic E-state index is -6.71. The van der Waals surface area contributed by atoms with E-state index in [1.54, 1.807) is 0 Å². The molecule has 8 nitrogen and oxygen atoms in total. The van der Waals surface area contributed by atoms with Crippen LogP contribution in [0.4, 0.5) is 35.1 Å². The molecule has 17 heteroatoms. The summed E-state index contributed by atoms with van der Waals surface area (Å²) < 4.78 is 142. The number of amides is 1. The summed E-state index contributed by atoms with van der Waals surface area (Å²) in [5.41, 5.74) is 0. The molecule has 0 aliphatic heterocycles. The van der Waals surface area contributed by atoms with Crippen molar-refractivity contribution in [2.75, 3.05) is 13.2 Å². The highest BCUT2D eigenvalue weighted by molar-refractivity contribution is 7.87. The molecule has 1 unspecified atom stereocenters. The number of carbonyl (C=O) groups excluding carboxylic acids is 2. The molecule has 1 amide bonds. The second kappa shape index (κ2) is 9.25. The summed E-state index contributed by atoms with van der Waals surface area (Å²) in [7, 11) is -6.71. The number of halogens is 8. The van der Waals surface area contributed by atoms with Gasteiger partial charge in [-0.3, -0.25) is 9.35 Å². The van der Waals surface area contributed by atoms with Gasteiger partial charge in [0.15, 0.2) is 0 Å². The van der Waals surface area contributed by atoms with Gasteiger partial charge in [-0.05, 0) is 0 Å². The van der Waals surface area contributed by atoms with E-state index in [1.807, 2.05) is 0 Å². The van der Waals surface area contributed by atoms with Crippen molar-refractivity contribution in [2.24, 2.45) is 0 Å². The van der Waals surface area contributed by atoms with E-state index in [0.29, 0.717) is 0 Å². The third kappa shape index (κ3) is 5.88. The molecule has 2 N–H and O–H groups in total. The molecule has 0 heterocycles. The number of nitrogens with one attached hydrogen (secondary N) is 1. The predicted octanol–water partition coefficient (Wildman–Crippen LogP) is 2.10. The van der Waals surface area contributed by atoms with Gasteiger partial charge in [0, 0.05) is 13.0 Å². The van der Waals surface area contributed by atoms with Gasteiger partial charge in [0.2, 0.25) is 5.83 Å². The maximum Gasteiger partial charge on any atom is 0.466 e. The van der Waals surface area contributed by atoms with Crippen LogP contribution in [0.1, 0.15) is 6.42 Å². The average Bonchev–Trinajstić information content (AvgIpc) is 2.55. The van der Waals surface area contributed by atoms with Crippen molar-refractivity contribution in [3.05, 3.63) is 25.1 Å². The van der Waals surface area contributed by atoms with Crippen molar-refractivity contribution in [3.63, 3.8) is 0 Å². The standard InChI is InChI=1S/C13H13F8NO7S/c1-3-5-22-9(24)11(12(17,18)19,29-8(23)7(2)14)28-6-4-10(15,16)13(20,21)30(25,26)27/h3H,1-2,4-6H2,(H,22,24)(H,25,26,27). The van der Waals surface area contributed by atoms with Gasteiger partial charge in [0.1, 0.15) is 0 Å². The molecule has 0 radical (unpaired) electrons. The second-order valence-electron chi connectivity index (χ2n) is 5.20. The second-order valence-corrected chi connectivity index (χ2v) is 6.67. The fraction of sp³-hybridized carbons (Fsp3) is 0.538. The molecule has 0 saturated carbocycles. The average molecular weight is 479 g/mol. The first-order chi connectivity index (χ1) is 13.3. The van der Waals surface area contributed by atoms with Gasteiger partial charge in [-0.25, -0.2) is 4.79 Å². The van der Waals surface area contributed by atoms with E-state index < -0.39 is 70.5 Å². The number of esters is 1. The van der Waals surface area contributed by atoms with Crippen LogP contribution in [0.3, 0.4) is 0 Å². The van der Waals surface area contributed by atoms with Crippen molar-refractivity contribution >= 4 is 22.0 Å². The summed E-state index contributed by atoms with van der Waals surface area (Å²) >= 11 is 0. The molecule has 174 valence electrons. The Bertz CT molecular complexity index is 796. The molecular formula is C13H13F8NO7S. The van der Waals surface area contributed by atoms with Crippen LogP contribution >= 0.6 is 0 Å². The highest BCUT2D eigenvalue weighted by Gasteiger charge is 2.68. The Hall–Kier alpha value is -2.27. The maximum atomic E-state index is 13.4. The zero-order valence-corrected chi connectivity index (χ0v) is 15.3. The van der Waals surface area contributed by atoms with Gasteiger partial charge in [0.05, 0.1) is 6.61 Å². The number of hydrogen-bond acceptors (Lipinski definition) is 6. The number of alkyl halides is 7. The van der Waals surface area contributed by atoms with E-state index in [0.717, 1.165) is 6.08 Å². The highest BCUT2D eigenvalue weighted by Crippen LogP contribution is 2.42. The smallest absolute Gasteiger partial charge is 0.410 e. The maximum absolute atomic E-state index is 13.4. The van der Waals surface area contributed by atoms with Crippen LogP contribution in [0.2, 0.25) is 0 Å². The Morgan fingerprint density at radius 1 is 1.10 bits per heavy atom. The molecule has 0 aliphatic carbocycles. The molecule has 30 heavy (non-hydrogen) atoms. The molecule has 0 fully saturated rings. The number of carbonyl (C=O) groups is 2. The summed E-state index contributed by atoms with van der Waals surface area (Å²) in [5.74, 6) is -17.6. The van der Waals surface area contributed by atoms with Crippen molar-refractivity contribution in [1.82, 2.24) is 5.32 Å². The first kappa shape index (κ1) is 27.7. The monoisotopic (exact) mass is 479 g/mol. The normalized spacial score (nSPS) is 15.1. The summed E-state index contributed by atoms with van der Waals surface area (Å²) in [6.45, 7) is 2.40. The Morgan fingerprint density at radius 3 is 1.97 bits per heavy atom. The minimum Gasteiger partial charge on any atom is -0.410 e. The van der Waals surface area contributed by atoms with Gasteiger partial charge >= 0.3 is 45.1 Å². The van der Waals surface area contributed by atoms with Crippen LogP contribution < -0.4 is 5.32 Å². The van der Waals surface area contributed by atoms with Crippen molar-refractivity contribution in [2.45, 2.75) is 29.6 Å². The van der Waals surface area contributed by atoms with Crippen LogP contribution in [0.25, 0.3) is 0 Å². The number of ether oxygens (including phenoxy) is 2. The minimum absolute atomic E-state index is 0.731. The predicted molar refractivity (Wildman–Crippen MR) is 80.3 cm³/mol.